The topological polar surface area (TPSA) is 46.1 Å². The Morgan fingerprint density at radius 2 is 1.71 bits per heavy atom. The summed E-state index contributed by atoms with van der Waals surface area (Å²) in [6.45, 7) is 0.448. The number of aromatic nitrogens is 1. The van der Waals surface area contributed by atoms with Gasteiger partial charge in [-0.2, -0.15) is 0 Å². The van der Waals surface area contributed by atoms with E-state index in [1.807, 2.05) is 0 Å². The first kappa shape index (κ1) is 25.0. The molecule has 1 saturated carbocycles. The predicted molar refractivity (Wildman–Crippen MR) is 144 cm³/mol. The molecule has 3 aromatic carbocycles. The van der Waals surface area contributed by atoms with Gasteiger partial charge in [0.25, 0.3) is 0 Å². The van der Waals surface area contributed by atoms with Crippen molar-refractivity contribution in [2.45, 2.75) is 49.6 Å². The summed E-state index contributed by atoms with van der Waals surface area (Å²) in [7, 11) is 2.15. The van der Waals surface area contributed by atoms with Gasteiger partial charge in [-0.25, -0.2) is 4.39 Å². The highest BCUT2D eigenvalue weighted by molar-refractivity contribution is 7.97. The van der Waals surface area contributed by atoms with Crippen molar-refractivity contribution in [2.24, 2.45) is 7.05 Å². The largest absolute Gasteiger partial charge is 0.355 e. The van der Waals surface area contributed by atoms with E-state index in [2.05, 4.69) is 76.3 Å². The first-order valence-corrected chi connectivity index (χ1v) is 12.9. The van der Waals surface area contributed by atoms with Gasteiger partial charge in [-0.15, -0.1) is 0 Å². The zero-order valence-corrected chi connectivity index (χ0v) is 20.9. The van der Waals surface area contributed by atoms with Crippen LogP contribution < -0.4 is 10.0 Å². The van der Waals surface area contributed by atoms with E-state index in [1.54, 1.807) is 24.1 Å². The number of nitrogens with zero attached hydrogens (tertiary/aromatic N) is 1. The van der Waals surface area contributed by atoms with Gasteiger partial charge in [-0.05, 0) is 72.3 Å². The Hall–Kier alpha value is -3.09. The molecule has 0 atom stereocenters. The molecule has 2 N–H and O–H groups in total. The zero-order chi connectivity index (χ0) is 24.5. The lowest BCUT2D eigenvalue weighted by atomic mass is 9.96. The second-order valence-corrected chi connectivity index (χ2v) is 9.77. The van der Waals surface area contributed by atoms with Crippen molar-refractivity contribution in [1.82, 2.24) is 14.6 Å². The van der Waals surface area contributed by atoms with Gasteiger partial charge < -0.3 is 9.88 Å². The van der Waals surface area contributed by atoms with Crippen LogP contribution in [0.25, 0.3) is 22.2 Å². The Kier molecular flexibility index (Phi) is 8.98. The number of benzene rings is 3. The average molecular weight is 490 g/mol. The lowest BCUT2D eigenvalue weighted by molar-refractivity contribution is -0.109. The maximum absolute atomic E-state index is 12.3. The van der Waals surface area contributed by atoms with Gasteiger partial charge in [-0.3, -0.25) is 9.52 Å². The fourth-order valence-corrected chi connectivity index (χ4v) is 5.27. The second kappa shape index (κ2) is 12.6. The Morgan fingerprint density at radius 1 is 0.971 bits per heavy atom. The third kappa shape index (κ3) is 6.96. The molecule has 1 aliphatic rings. The number of hydrogen-bond acceptors (Lipinski definition) is 3. The van der Waals surface area contributed by atoms with E-state index >= 15 is 0 Å². The van der Waals surface area contributed by atoms with Crippen molar-refractivity contribution in [3.63, 3.8) is 0 Å². The number of amides is 1. The van der Waals surface area contributed by atoms with Crippen LogP contribution in [-0.4, -0.2) is 17.0 Å². The fourth-order valence-electron chi connectivity index (χ4n) is 4.41. The number of halogens is 1. The van der Waals surface area contributed by atoms with E-state index in [1.165, 1.54) is 71.3 Å². The van der Waals surface area contributed by atoms with E-state index in [4.69, 9.17) is 0 Å². The molecule has 1 aliphatic carbocycles. The monoisotopic (exact) mass is 489 g/mol. The molecule has 0 unspecified atom stereocenters. The fraction of sp³-hybridized carbons (Fsp3) is 0.276. The molecule has 4 aromatic rings. The average Bonchev–Trinajstić information content (AvgIpc) is 3.24. The molecule has 1 amide bonds. The summed E-state index contributed by atoms with van der Waals surface area (Å²) in [5, 5.41) is 3.79. The molecule has 0 spiro atoms. The van der Waals surface area contributed by atoms with Crippen LogP contribution in [0.5, 0.6) is 0 Å². The Labute approximate surface area is 211 Å². The number of nitrogens with one attached hydrogen (secondary N) is 2. The summed E-state index contributed by atoms with van der Waals surface area (Å²) >= 11 is 1.79. The Morgan fingerprint density at radius 3 is 2.43 bits per heavy atom. The third-order valence-electron chi connectivity index (χ3n) is 6.33. The van der Waals surface area contributed by atoms with E-state index in [0.29, 0.717) is 19.0 Å². The second-order valence-electron chi connectivity index (χ2n) is 8.86. The van der Waals surface area contributed by atoms with Crippen LogP contribution in [0.3, 0.4) is 0 Å². The summed E-state index contributed by atoms with van der Waals surface area (Å²) in [5.41, 5.74) is 4.72. The summed E-state index contributed by atoms with van der Waals surface area (Å²) in [6.07, 6.45) is 7.40. The SMILES string of the molecule is Cn1c(-c2ccccc2)cc2cc(SNC3CCCCC3)ccc21.O=CNCc1ccc(F)cc1. The van der Waals surface area contributed by atoms with Crippen LogP contribution in [-0.2, 0) is 18.4 Å². The number of aryl methyl sites for hydroxylation is 1. The minimum Gasteiger partial charge on any atom is -0.355 e. The van der Waals surface area contributed by atoms with Gasteiger partial charge >= 0.3 is 0 Å². The summed E-state index contributed by atoms with van der Waals surface area (Å²) in [6, 6.07) is 26.4. The van der Waals surface area contributed by atoms with Gasteiger partial charge in [-0.1, -0.05) is 61.7 Å². The molecule has 35 heavy (non-hydrogen) atoms. The van der Waals surface area contributed by atoms with Crippen LogP contribution >= 0.6 is 11.9 Å². The summed E-state index contributed by atoms with van der Waals surface area (Å²) in [5.74, 6) is -0.264. The van der Waals surface area contributed by atoms with E-state index in [-0.39, 0.29) is 5.82 Å². The molecular formula is C29H32FN3OS. The molecule has 6 heteroatoms. The molecule has 5 rings (SSSR count). The molecule has 1 heterocycles. The highest BCUT2D eigenvalue weighted by Crippen LogP contribution is 2.30. The number of rotatable bonds is 7. The van der Waals surface area contributed by atoms with Crippen LogP contribution in [0.1, 0.15) is 37.7 Å². The molecular weight excluding hydrogens is 457 g/mol. The summed E-state index contributed by atoms with van der Waals surface area (Å²) < 4.78 is 18.3. The number of carbonyl (C=O) groups is 1. The van der Waals surface area contributed by atoms with Crippen molar-refractivity contribution in [2.75, 3.05) is 0 Å². The van der Waals surface area contributed by atoms with Gasteiger partial charge in [0, 0.05) is 41.1 Å². The maximum Gasteiger partial charge on any atom is 0.207 e. The molecule has 1 fully saturated rings. The van der Waals surface area contributed by atoms with Crippen LogP contribution in [0.15, 0.2) is 83.8 Å². The van der Waals surface area contributed by atoms with Crippen molar-refractivity contribution >= 4 is 29.3 Å². The molecule has 182 valence electrons. The van der Waals surface area contributed by atoms with Crippen LogP contribution in [0.4, 0.5) is 4.39 Å². The molecule has 0 aliphatic heterocycles. The standard InChI is InChI=1S/C21H24N2S.C8H8FNO/c1-23-20-13-12-19(24-22-18-10-6-3-7-11-18)14-17(20)15-21(23)16-8-4-2-5-9-16;9-8-3-1-7(2-4-8)5-10-6-11/h2,4-5,8-9,12-15,18,22H,3,6-7,10-11H2,1H3;1-4,6H,5H2,(H,10,11). The number of hydrogen-bond donors (Lipinski definition) is 2. The third-order valence-corrected chi connectivity index (χ3v) is 7.28. The molecule has 1 aromatic heterocycles. The van der Waals surface area contributed by atoms with E-state index in [9.17, 15) is 9.18 Å². The quantitative estimate of drug-likeness (QED) is 0.221. The summed E-state index contributed by atoms with van der Waals surface area (Å²) in [4.78, 5) is 11.2. The van der Waals surface area contributed by atoms with Crippen molar-refractivity contribution in [3.8, 4) is 11.3 Å². The minimum absolute atomic E-state index is 0.264. The zero-order valence-electron chi connectivity index (χ0n) is 20.0. The van der Waals surface area contributed by atoms with Crippen molar-refractivity contribution in [3.05, 3.63) is 90.2 Å². The lowest BCUT2D eigenvalue weighted by Gasteiger charge is -2.22. The molecule has 0 saturated heterocycles. The smallest absolute Gasteiger partial charge is 0.207 e. The Bertz CT molecular complexity index is 1220. The highest BCUT2D eigenvalue weighted by atomic mass is 32.2. The number of carbonyl (C=O) groups excluding carboxylic acids is 1. The van der Waals surface area contributed by atoms with E-state index in [0.717, 1.165) is 5.56 Å². The van der Waals surface area contributed by atoms with Gasteiger partial charge in [0.2, 0.25) is 6.41 Å². The molecule has 4 nitrogen and oxygen atoms in total. The van der Waals surface area contributed by atoms with Gasteiger partial charge in [0.1, 0.15) is 5.82 Å². The van der Waals surface area contributed by atoms with Gasteiger partial charge in [0.05, 0.1) is 0 Å². The van der Waals surface area contributed by atoms with Crippen molar-refractivity contribution in [1.29, 1.82) is 0 Å². The highest BCUT2D eigenvalue weighted by Gasteiger charge is 2.13. The lowest BCUT2D eigenvalue weighted by Crippen LogP contribution is -2.25. The van der Waals surface area contributed by atoms with Crippen molar-refractivity contribution < 1.29 is 9.18 Å². The maximum atomic E-state index is 12.3. The predicted octanol–water partition coefficient (Wildman–Crippen LogP) is 6.85. The number of fused-ring (bicyclic) bond motifs is 1. The Balaban J connectivity index is 0.000000221. The molecule has 0 radical (unpaired) electrons. The minimum atomic E-state index is -0.264. The first-order chi connectivity index (χ1) is 17.1. The normalized spacial score (nSPS) is 13.8. The van der Waals surface area contributed by atoms with Crippen LogP contribution in [0.2, 0.25) is 0 Å². The van der Waals surface area contributed by atoms with Crippen LogP contribution in [0, 0.1) is 5.82 Å². The molecule has 0 bridgehead atoms. The van der Waals surface area contributed by atoms with Gasteiger partial charge in [0.15, 0.2) is 0 Å². The first-order valence-electron chi connectivity index (χ1n) is 12.1. The van der Waals surface area contributed by atoms with E-state index < -0.39 is 0 Å².